The van der Waals surface area contributed by atoms with Crippen molar-refractivity contribution in [1.29, 1.82) is 0 Å². The average molecular weight is 250 g/mol. The second-order valence-corrected chi connectivity index (χ2v) is 5.62. The molecule has 4 heteroatoms. The molecule has 1 unspecified atom stereocenters. The molecule has 1 N–H and O–H groups in total. The lowest BCUT2D eigenvalue weighted by atomic mass is 10.0. The van der Waals surface area contributed by atoms with E-state index in [4.69, 9.17) is 0 Å². The Labute approximate surface area is 101 Å². The van der Waals surface area contributed by atoms with Gasteiger partial charge in [-0.05, 0) is 28.8 Å². The highest BCUT2D eigenvalue weighted by Crippen LogP contribution is 2.27. The molecule has 0 saturated carbocycles. The lowest BCUT2D eigenvalue weighted by molar-refractivity contribution is 0.466. The SMILES string of the molecule is CCC(c1ccc2ccccc2c1)S(=O)(=O)O. The van der Waals surface area contributed by atoms with Crippen molar-refractivity contribution < 1.29 is 13.0 Å². The number of hydrogen-bond donors (Lipinski definition) is 1. The summed E-state index contributed by atoms with van der Waals surface area (Å²) < 4.78 is 31.7. The summed E-state index contributed by atoms with van der Waals surface area (Å²) in [4.78, 5) is 0. The van der Waals surface area contributed by atoms with Crippen LogP contribution in [0.1, 0.15) is 24.2 Å². The van der Waals surface area contributed by atoms with Crippen LogP contribution in [0.2, 0.25) is 0 Å². The maximum absolute atomic E-state index is 11.3. The van der Waals surface area contributed by atoms with Gasteiger partial charge < -0.3 is 0 Å². The molecule has 2 aromatic rings. The van der Waals surface area contributed by atoms with Gasteiger partial charge >= 0.3 is 0 Å². The largest absolute Gasteiger partial charge is 0.285 e. The third kappa shape index (κ3) is 2.48. The van der Waals surface area contributed by atoms with Crippen molar-refractivity contribution in [3.63, 3.8) is 0 Å². The van der Waals surface area contributed by atoms with Crippen LogP contribution in [0.3, 0.4) is 0 Å². The minimum absolute atomic E-state index is 0.358. The molecule has 0 radical (unpaired) electrons. The van der Waals surface area contributed by atoms with Crippen molar-refractivity contribution in [3.8, 4) is 0 Å². The van der Waals surface area contributed by atoms with Gasteiger partial charge in [-0.25, -0.2) is 0 Å². The molecule has 2 rings (SSSR count). The van der Waals surface area contributed by atoms with Gasteiger partial charge in [0.15, 0.2) is 0 Å². The number of hydrogen-bond acceptors (Lipinski definition) is 2. The van der Waals surface area contributed by atoms with Crippen molar-refractivity contribution in [2.45, 2.75) is 18.6 Å². The fourth-order valence-corrected chi connectivity index (χ4v) is 2.94. The Morgan fingerprint density at radius 1 is 1.12 bits per heavy atom. The molecular formula is C13H14O3S. The van der Waals surface area contributed by atoms with Crippen LogP contribution in [-0.4, -0.2) is 13.0 Å². The highest BCUT2D eigenvalue weighted by molar-refractivity contribution is 7.86. The number of fused-ring (bicyclic) bond motifs is 1. The maximum atomic E-state index is 11.3. The second-order valence-electron chi connectivity index (χ2n) is 4.02. The third-order valence-electron chi connectivity index (χ3n) is 2.88. The van der Waals surface area contributed by atoms with Gasteiger partial charge in [-0.1, -0.05) is 43.3 Å². The molecule has 0 fully saturated rings. The van der Waals surface area contributed by atoms with E-state index in [2.05, 4.69) is 0 Å². The molecule has 2 aromatic carbocycles. The van der Waals surface area contributed by atoms with E-state index >= 15 is 0 Å². The molecule has 3 nitrogen and oxygen atoms in total. The minimum atomic E-state index is -4.04. The van der Waals surface area contributed by atoms with Gasteiger partial charge in [0.25, 0.3) is 10.1 Å². The first-order valence-corrected chi connectivity index (χ1v) is 6.97. The molecule has 0 saturated heterocycles. The monoisotopic (exact) mass is 250 g/mol. The fourth-order valence-electron chi connectivity index (χ4n) is 2.03. The predicted molar refractivity (Wildman–Crippen MR) is 68.5 cm³/mol. The summed E-state index contributed by atoms with van der Waals surface area (Å²) in [5.41, 5.74) is 0.633. The molecule has 17 heavy (non-hydrogen) atoms. The van der Waals surface area contributed by atoms with Gasteiger partial charge in [0.2, 0.25) is 0 Å². The van der Waals surface area contributed by atoms with Crippen LogP contribution in [0.4, 0.5) is 0 Å². The quantitative estimate of drug-likeness (QED) is 0.851. The third-order valence-corrected chi connectivity index (χ3v) is 4.20. The Bertz CT molecular complexity index is 632. The molecule has 90 valence electrons. The summed E-state index contributed by atoms with van der Waals surface area (Å²) in [7, 11) is -4.04. The summed E-state index contributed by atoms with van der Waals surface area (Å²) in [6.45, 7) is 1.74. The van der Waals surface area contributed by atoms with Crippen molar-refractivity contribution in [3.05, 3.63) is 48.0 Å². The first kappa shape index (κ1) is 12.1. The summed E-state index contributed by atoms with van der Waals surface area (Å²) in [6.07, 6.45) is 0.358. The van der Waals surface area contributed by atoms with E-state index in [0.717, 1.165) is 10.8 Å². The van der Waals surface area contributed by atoms with Gasteiger partial charge in [-0.3, -0.25) is 4.55 Å². The zero-order chi connectivity index (χ0) is 12.5. The molecule has 0 amide bonds. The van der Waals surface area contributed by atoms with Crippen LogP contribution in [-0.2, 0) is 10.1 Å². The highest BCUT2D eigenvalue weighted by atomic mass is 32.2. The standard InChI is InChI=1S/C13H14O3S/c1-2-13(17(14,15)16)12-8-7-10-5-3-4-6-11(10)9-12/h3-9,13H,2H2,1H3,(H,14,15,16). The van der Waals surface area contributed by atoms with Crippen molar-refractivity contribution >= 4 is 20.9 Å². The smallest absolute Gasteiger partial charge is 0.271 e. The van der Waals surface area contributed by atoms with E-state index in [0.29, 0.717) is 12.0 Å². The zero-order valence-electron chi connectivity index (χ0n) is 9.50. The van der Waals surface area contributed by atoms with Crippen molar-refractivity contribution in [1.82, 2.24) is 0 Å². The van der Waals surface area contributed by atoms with Crippen LogP contribution in [0, 0.1) is 0 Å². The van der Waals surface area contributed by atoms with E-state index in [-0.39, 0.29) is 0 Å². The molecule has 0 aliphatic rings. The van der Waals surface area contributed by atoms with Gasteiger partial charge in [0.05, 0.1) is 0 Å². The van der Waals surface area contributed by atoms with Gasteiger partial charge in [-0.15, -0.1) is 0 Å². The summed E-state index contributed by atoms with van der Waals surface area (Å²) >= 11 is 0. The molecule has 0 spiro atoms. The lowest BCUT2D eigenvalue weighted by Gasteiger charge is -2.12. The Kier molecular flexibility index (Phi) is 3.17. The molecule has 0 bridgehead atoms. The summed E-state index contributed by atoms with van der Waals surface area (Å²) in [5, 5.41) is 1.20. The predicted octanol–water partition coefficient (Wildman–Crippen LogP) is 3.18. The van der Waals surface area contributed by atoms with Crippen LogP contribution in [0.5, 0.6) is 0 Å². The fraction of sp³-hybridized carbons (Fsp3) is 0.231. The van der Waals surface area contributed by atoms with Gasteiger partial charge in [0.1, 0.15) is 5.25 Å². The molecule has 1 atom stereocenters. The molecule has 0 heterocycles. The van der Waals surface area contributed by atoms with E-state index in [1.54, 1.807) is 13.0 Å². The second kappa shape index (κ2) is 4.47. The zero-order valence-corrected chi connectivity index (χ0v) is 10.3. The Morgan fingerprint density at radius 3 is 2.35 bits per heavy atom. The van der Waals surface area contributed by atoms with E-state index < -0.39 is 15.4 Å². The Hall–Kier alpha value is -1.39. The average Bonchev–Trinajstić information content (AvgIpc) is 2.28. The molecular weight excluding hydrogens is 236 g/mol. The Morgan fingerprint density at radius 2 is 1.76 bits per heavy atom. The number of rotatable bonds is 3. The van der Waals surface area contributed by atoms with Crippen LogP contribution < -0.4 is 0 Å². The first-order valence-electron chi connectivity index (χ1n) is 5.47. The molecule has 0 aliphatic carbocycles. The topological polar surface area (TPSA) is 54.4 Å². The molecule has 0 aliphatic heterocycles. The van der Waals surface area contributed by atoms with Gasteiger partial charge in [-0.2, -0.15) is 8.42 Å². The summed E-state index contributed by atoms with van der Waals surface area (Å²) in [5.74, 6) is 0. The van der Waals surface area contributed by atoms with E-state index in [1.165, 1.54) is 0 Å². The summed E-state index contributed by atoms with van der Waals surface area (Å²) in [6, 6.07) is 13.2. The lowest BCUT2D eigenvalue weighted by Crippen LogP contribution is -2.11. The minimum Gasteiger partial charge on any atom is -0.285 e. The first-order chi connectivity index (χ1) is 8.02. The normalized spacial score (nSPS) is 13.8. The van der Waals surface area contributed by atoms with E-state index in [1.807, 2.05) is 36.4 Å². The van der Waals surface area contributed by atoms with Gasteiger partial charge in [0, 0.05) is 0 Å². The maximum Gasteiger partial charge on any atom is 0.271 e. The van der Waals surface area contributed by atoms with Crippen molar-refractivity contribution in [2.75, 3.05) is 0 Å². The number of benzene rings is 2. The van der Waals surface area contributed by atoms with Crippen molar-refractivity contribution in [2.24, 2.45) is 0 Å². The Balaban J connectivity index is 2.56. The van der Waals surface area contributed by atoms with E-state index in [9.17, 15) is 13.0 Å². The molecule has 0 aromatic heterocycles. The highest BCUT2D eigenvalue weighted by Gasteiger charge is 2.22. The van der Waals surface area contributed by atoms with Crippen LogP contribution >= 0.6 is 0 Å². The van der Waals surface area contributed by atoms with Crippen LogP contribution in [0.15, 0.2) is 42.5 Å². The van der Waals surface area contributed by atoms with Crippen LogP contribution in [0.25, 0.3) is 10.8 Å².